The predicted octanol–water partition coefficient (Wildman–Crippen LogP) is 5.16. The number of amides is 1. The molecule has 3 aromatic carbocycles. The number of anilines is 1. The fourth-order valence-corrected chi connectivity index (χ4v) is 4.75. The quantitative estimate of drug-likeness (QED) is 0.375. The van der Waals surface area contributed by atoms with E-state index in [-0.39, 0.29) is 12.5 Å². The van der Waals surface area contributed by atoms with E-state index in [0.717, 1.165) is 60.9 Å². The largest absolute Gasteiger partial charge is 0.490 e. The number of para-hydroxylation sites is 1. The maximum Gasteiger partial charge on any atom is 0.262 e. The molecule has 0 atom stereocenters. The highest BCUT2D eigenvalue weighted by atomic mass is 32.1. The van der Waals surface area contributed by atoms with Crippen molar-refractivity contribution in [1.29, 1.82) is 0 Å². The maximum absolute atomic E-state index is 12.5. The topological polar surface area (TPSA) is 54.0 Å². The summed E-state index contributed by atoms with van der Waals surface area (Å²) in [5.74, 6) is 0.906. The number of carbonyl (C=O) groups is 1. The van der Waals surface area contributed by atoms with Crippen molar-refractivity contribution in [2.45, 2.75) is 26.8 Å². The number of hydrogen-bond donors (Lipinski definition) is 1. The number of ether oxygens (including phenoxy) is 2. The summed E-state index contributed by atoms with van der Waals surface area (Å²) in [5, 5.41) is 2.94. The first-order chi connectivity index (χ1) is 18.1. The van der Waals surface area contributed by atoms with Gasteiger partial charge < -0.3 is 19.7 Å². The fourth-order valence-electron chi connectivity index (χ4n) is 4.44. The number of nitrogens with one attached hydrogen (secondary N) is 1. The van der Waals surface area contributed by atoms with E-state index < -0.39 is 0 Å². The minimum atomic E-state index is -0.212. The van der Waals surface area contributed by atoms with Crippen molar-refractivity contribution < 1.29 is 14.3 Å². The highest BCUT2D eigenvalue weighted by Gasteiger charge is 2.21. The molecule has 4 rings (SSSR count). The van der Waals surface area contributed by atoms with Crippen LogP contribution in [0.15, 0.2) is 72.8 Å². The molecule has 1 saturated heterocycles. The van der Waals surface area contributed by atoms with E-state index in [9.17, 15) is 4.79 Å². The Bertz CT molecular complexity index is 1190. The zero-order valence-electron chi connectivity index (χ0n) is 21.6. The molecule has 7 heteroatoms. The van der Waals surface area contributed by atoms with Gasteiger partial charge in [-0.1, -0.05) is 67.7 Å². The summed E-state index contributed by atoms with van der Waals surface area (Å²) in [7, 11) is 0. The first kappa shape index (κ1) is 26.6. The third kappa shape index (κ3) is 7.31. The monoisotopic (exact) mass is 517 g/mol. The molecule has 1 heterocycles. The molecule has 1 aliphatic heterocycles. The molecule has 37 heavy (non-hydrogen) atoms. The van der Waals surface area contributed by atoms with Crippen LogP contribution in [0.25, 0.3) is 0 Å². The van der Waals surface area contributed by atoms with Crippen LogP contribution in [0.2, 0.25) is 0 Å². The number of thiocarbonyl (C=S) groups is 1. The second-order valence-electron chi connectivity index (χ2n) is 9.00. The summed E-state index contributed by atoms with van der Waals surface area (Å²) < 4.78 is 11.7. The zero-order valence-corrected chi connectivity index (χ0v) is 22.4. The average Bonchev–Trinajstić information content (AvgIpc) is 2.93. The van der Waals surface area contributed by atoms with Crippen molar-refractivity contribution in [3.8, 4) is 11.5 Å². The van der Waals surface area contributed by atoms with Crippen molar-refractivity contribution >= 4 is 28.8 Å². The molecule has 1 aliphatic rings. The first-order valence-electron chi connectivity index (χ1n) is 12.9. The minimum absolute atomic E-state index is 0.106. The number of hydrogen-bond acceptors (Lipinski definition) is 5. The summed E-state index contributed by atoms with van der Waals surface area (Å²) in [6, 6.07) is 24.1. The number of nitrogens with zero attached hydrogens (tertiary/aromatic N) is 2. The van der Waals surface area contributed by atoms with Crippen LogP contribution in [-0.4, -0.2) is 60.1 Å². The Balaban J connectivity index is 1.34. The van der Waals surface area contributed by atoms with Gasteiger partial charge in [0.05, 0.1) is 6.61 Å². The SMILES string of the molecule is CCOc1cc(C(=S)N2CCN(Cc3ccccc3)CC2)ccc1OCC(=O)Nc1ccccc1CC. The van der Waals surface area contributed by atoms with Gasteiger partial charge in [-0.15, -0.1) is 0 Å². The Morgan fingerprint density at radius 1 is 0.892 bits per heavy atom. The van der Waals surface area contributed by atoms with Crippen LogP contribution in [0.4, 0.5) is 5.69 Å². The fraction of sp³-hybridized carbons (Fsp3) is 0.333. The molecule has 0 spiro atoms. The van der Waals surface area contributed by atoms with Gasteiger partial charge >= 0.3 is 0 Å². The van der Waals surface area contributed by atoms with E-state index >= 15 is 0 Å². The molecule has 0 saturated carbocycles. The summed E-state index contributed by atoms with van der Waals surface area (Å²) in [6.45, 7) is 9.02. The zero-order chi connectivity index (χ0) is 26.0. The van der Waals surface area contributed by atoms with E-state index in [2.05, 4.69) is 46.3 Å². The lowest BCUT2D eigenvalue weighted by Gasteiger charge is -2.36. The second-order valence-corrected chi connectivity index (χ2v) is 9.38. The number of benzene rings is 3. The summed E-state index contributed by atoms with van der Waals surface area (Å²) in [4.78, 5) is 18.1. The first-order valence-corrected chi connectivity index (χ1v) is 13.3. The van der Waals surface area contributed by atoms with Crippen molar-refractivity contribution in [2.75, 3.05) is 44.7 Å². The Labute approximate surface area is 225 Å². The third-order valence-electron chi connectivity index (χ3n) is 6.43. The Hall–Kier alpha value is -3.42. The molecule has 1 fully saturated rings. The van der Waals surface area contributed by atoms with Gasteiger partial charge in [-0.2, -0.15) is 0 Å². The molecule has 6 nitrogen and oxygen atoms in total. The lowest BCUT2D eigenvalue weighted by Crippen LogP contribution is -2.48. The van der Waals surface area contributed by atoms with Crippen LogP contribution in [0, 0.1) is 0 Å². The summed E-state index contributed by atoms with van der Waals surface area (Å²) >= 11 is 5.85. The molecule has 0 radical (unpaired) electrons. The Morgan fingerprint density at radius 2 is 1.62 bits per heavy atom. The number of rotatable bonds is 10. The van der Waals surface area contributed by atoms with Gasteiger partial charge in [0.25, 0.3) is 5.91 Å². The van der Waals surface area contributed by atoms with Crippen LogP contribution in [-0.2, 0) is 17.8 Å². The van der Waals surface area contributed by atoms with Crippen LogP contribution in [0.5, 0.6) is 11.5 Å². The van der Waals surface area contributed by atoms with Gasteiger partial charge in [-0.05, 0) is 48.7 Å². The molecule has 1 amide bonds. The lowest BCUT2D eigenvalue weighted by atomic mass is 10.1. The van der Waals surface area contributed by atoms with Gasteiger partial charge in [-0.3, -0.25) is 9.69 Å². The van der Waals surface area contributed by atoms with Crippen LogP contribution >= 0.6 is 12.2 Å². The van der Waals surface area contributed by atoms with Crippen molar-refractivity contribution in [3.63, 3.8) is 0 Å². The van der Waals surface area contributed by atoms with Crippen molar-refractivity contribution in [2.24, 2.45) is 0 Å². The van der Waals surface area contributed by atoms with Gasteiger partial charge in [0.1, 0.15) is 4.99 Å². The van der Waals surface area contributed by atoms with Gasteiger partial charge in [-0.25, -0.2) is 0 Å². The van der Waals surface area contributed by atoms with Crippen molar-refractivity contribution in [1.82, 2.24) is 9.80 Å². The molecule has 194 valence electrons. The van der Waals surface area contributed by atoms with Gasteiger partial charge in [0.15, 0.2) is 18.1 Å². The molecular weight excluding hydrogens is 482 g/mol. The van der Waals surface area contributed by atoms with E-state index in [1.807, 2.05) is 55.5 Å². The van der Waals surface area contributed by atoms with Crippen LogP contribution < -0.4 is 14.8 Å². The normalized spacial score (nSPS) is 13.7. The molecule has 0 unspecified atom stereocenters. The third-order valence-corrected chi connectivity index (χ3v) is 6.92. The smallest absolute Gasteiger partial charge is 0.262 e. The standard InChI is InChI=1S/C30H35N3O3S/c1-3-24-12-8-9-13-26(24)31-29(34)22-36-27-15-14-25(20-28(27)35-4-2)30(37)33-18-16-32(17-19-33)21-23-10-6-5-7-11-23/h5-15,20H,3-4,16-19,21-22H2,1-2H3,(H,31,34). The van der Waals surface area contributed by atoms with Gasteiger partial charge in [0.2, 0.25) is 0 Å². The molecule has 1 N–H and O–H groups in total. The molecular formula is C30H35N3O3S. The molecule has 0 bridgehead atoms. The predicted molar refractivity (Wildman–Crippen MR) is 153 cm³/mol. The number of carbonyl (C=O) groups excluding carboxylic acids is 1. The summed E-state index contributed by atoms with van der Waals surface area (Å²) in [5.41, 5.74) is 4.15. The van der Waals surface area contributed by atoms with E-state index in [1.54, 1.807) is 0 Å². The molecule has 0 aromatic heterocycles. The second kappa shape index (κ2) is 13.2. The van der Waals surface area contributed by atoms with Crippen molar-refractivity contribution in [3.05, 3.63) is 89.5 Å². The van der Waals surface area contributed by atoms with Gasteiger partial charge in [0, 0.05) is 44.0 Å². The molecule has 0 aliphatic carbocycles. The van der Waals surface area contributed by atoms with Crippen LogP contribution in [0.3, 0.4) is 0 Å². The summed E-state index contributed by atoms with van der Waals surface area (Å²) in [6.07, 6.45) is 0.843. The molecule has 3 aromatic rings. The number of piperazine rings is 1. The maximum atomic E-state index is 12.5. The number of aryl methyl sites for hydroxylation is 1. The minimum Gasteiger partial charge on any atom is -0.490 e. The Kier molecular flexibility index (Phi) is 9.52. The lowest BCUT2D eigenvalue weighted by molar-refractivity contribution is -0.118. The van der Waals surface area contributed by atoms with E-state index in [0.29, 0.717) is 18.1 Å². The Morgan fingerprint density at radius 3 is 2.35 bits per heavy atom. The highest BCUT2D eigenvalue weighted by Crippen LogP contribution is 2.29. The van der Waals surface area contributed by atoms with E-state index in [4.69, 9.17) is 21.7 Å². The highest BCUT2D eigenvalue weighted by molar-refractivity contribution is 7.80. The van der Waals surface area contributed by atoms with E-state index in [1.165, 1.54) is 5.56 Å². The average molecular weight is 518 g/mol. The van der Waals surface area contributed by atoms with Crippen LogP contribution in [0.1, 0.15) is 30.5 Å².